The van der Waals surface area contributed by atoms with E-state index in [0.29, 0.717) is 5.82 Å². The molecule has 0 radical (unpaired) electrons. The summed E-state index contributed by atoms with van der Waals surface area (Å²) >= 11 is 3.26. The summed E-state index contributed by atoms with van der Waals surface area (Å²) in [6.07, 6.45) is -5.00. The highest BCUT2D eigenvalue weighted by Gasteiger charge is 2.54. The zero-order chi connectivity index (χ0) is 17.9. The molecule has 1 aromatic heterocycles. The summed E-state index contributed by atoms with van der Waals surface area (Å²) < 4.78 is 34.7. The number of fused-ring (bicyclic) bond motifs is 2. The molecule has 0 spiro atoms. The Morgan fingerprint density at radius 1 is 1.52 bits per heavy atom. The van der Waals surface area contributed by atoms with Gasteiger partial charge in [0.2, 0.25) is 0 Å². The molecule has 2 saturated heterocycles. The van der Waals surface area contributed by atoms with E-state index >= 15 is 0 Å². The van der Waals surface area contributed by atoms with E-state index in [-0.39, 0.29) is 23.0 Å². The fraction of sp³-hybridized carbons (Fsp3) is 0.636. The SMILES string of the molecule is COP1(=O)OC[C@H]2OC(n3c(Br)nc4c3NC(N)=NC4O)[C@H](O)[C@@H]2O1. The number of nitrogens with one attached hydrogen (secondary N) is 1. The average molecular weight is 440 g/mol. The van der Waals surface area contributed by atoms with Gasteiger partial charge < -0.3 is 26.0 Å². The fourth-order valence-corrected chi connectivity index (χ4v) is 4.65. The van der Waals surface area contributed by atoms with E-state index in [4.69, 9.17) is 24.0 Å². The number of nitrogens with two attached hydrogens (primary N) is 1. The molecule has 3 aliphatic rings. The highest BCUT2D eigenvalue weighted by molar-refractivity contribution is 9.10. The molecule has 0 aromatic carbocycles. The molecule has 14 heteroatoms. The van der Waals surface area contributed by atoms with Crippen LogP contribution in [-0.4, -0.2) is 57.8 Å². The highest BCUT2D eigenvalue weighted by Crippen LogP contribution is 2.56. The lowest BCUT2D eigenvalue weighted by Crippen LogP contribution is -2.39. The number of aliphatic hydroxyl groups excluding tert-OH is 2. The maximum absolute atomic E-state index is 12.1. The molecule has 1 aromatic rings. The Bertz CT molecular complexity index is 787. The first-order valence-electron chi connectivity index (χ1n) is 7.21. The Balaban J connectivity index is 1.68. The van der Waals surface area contributed by atoms with Crippen molar-refractivity contribution in [1.82, 2.24) is 9.55 Å². The van der Waals surface area contributed by atoms with Gasteiger partial charge in [-0.05, 0) is 15.9 Å². The Hall–Kier alpha value is -1.05. The lowest BCUT2D eigenvalue weighted by Gasteiger charge is -2.29. The topological polar surface area (TPSA) is 163 Å². The van der Waals surface area contributed by atoms with Crippen molar-refractivity contribution in [2.75, 3.05) is 19.0 Å². The van der Waals surface area contributed by atoms with Crippen LogP contribution in [0.2, 0.25) is 0 Å². The average Bonchev–Trinajstić information content (AvgIpc) is 3.05. The van der Waals surface area contributed by atoms with Crippen molar-refractivity contribution >= 4 is 35.5 Å². The van der Waals surface area contributed by atoms with Crippen molar-refractivity contribution in [3.63, 3.8) is 0 Å². The van der Waals surface area contributed by atoms with Crippen LogP contribution < -0.4 is 11.1 Å². The van der Waals surface area contributed by atoms with Crippen LogP contribution in [0.15, 0.2) is 9.73 Å². The number of hydrogen-bond donors (Lipinski definition) is 4. The predicted octanol–water partition coefficient (Wildman–Crippen LogP) is -0.195. The quantitative estimate of drug-likeness (QED) is 0.453. The summed E-state index contributed by atoms with van der Waals surface area (Å²) in [6, 6.07) is 0. The van der Waals surface area contributed by atoms with Gasteiger partial charge in [0.05, 0.1) is 6.61 Å². The normalized spacial score (nSPS) is 40.2. The maximum Gasteiger partial charge on any atom is 0.475 e. The van der Waals surface area contributed by atoms with Crippen molar-refractivity contribution in [2.45, 2.75) is 30.8 Å². The zero-order valence-electron chi connectivity index (χ0n) is 12.8. The van der Waals surface area contributed by atoms with Gasteiger partial charge in [-0.25, -0.2) is 14.5 Å². The first-order valence-corrected chi connectivity index (χ1v) is 9.46. The smallest absolute Gasteiger partial charge is 0.386 e. The molecule has 12 nitrogen and oxygen atoms in total. The molecule has 4 rings (SSSR count). The number of aliphatic imine (C=N–C) groups is 1. The number of nitrogens with zero attached hydrogens (tertiary/aromatic N) is 3. The van der Waals surface area contributed by atoms with Crippen molar-refractivity contribution in [3.8, 4) is 0 Å². The van der Waals surface area contributed by atoms with Gasteiger partial charge in [-0.15, -0.1) is 0 Å². The number of rotatable bonds is 2. The van der Waals surface area contributed by atoms with E-state index < -0.39 is 38.6 Å². The van der Waals surface area contributed by atoms with Gasteiger partial charge in [0.25, 0.3) is 0 Å². The molecule has 5 N–H and O–H groups in total. The summed E-state index contributed by atoms with van der Waals surface area (Å²) in [5.74, 6) is 0.299. The second-order valence-electron chi connectivity index (χ2n) is 5.55. The molecule has 2 fully saturated rings. The minimum Gasteiger partial charge on any atom is -0.386 e. The van der Waals surface area contributed by atoms with Crippen LogP contribution >= 0.6 is 23.8 Å². The van der Waals surface area contributed by atoms with Crippen molar-refractivity contribution < 1.29 is 33.1 Å². The van der Waals surface area contributed by atoms with Crippen molar-refractivity contribution in [3.05, 3.63) is 10.4 Å². The van der Waals surface area contributed by atoms with Gasteiger partial charge in [0.1, 0.15) is 29.8 Å². The first-order chi connectivity index (χ1) is 11.8. The fourth-order valence-electron chi connectivity index (χ4n) is 2.94. The van der Waals surface area contributed by atoms with Crippen molar-refractivity contribution in [2.24, 2.45) is 10.7 Å². The standard InChI is InChI=1S/C11H15BrN5O7P/c1-21-25(20)22-2-3-6(24-25)5(18)9(23-3)17-7-4(14-10(17)12)8(19)16-11(13)15-7/h3,5-6,8-9,18-19H,2H2,1H3,(H3,13,15,16)/t3-,5-,6-,8?,9?,25?/m1/s1. The molecule has 0 saturated carbocycles. The molecule has 25 heavy (non-hydrogen) atoms. The minimum atomic E-state index is -3.73. The van der Waals surface area contributed by atoms with Crippen LogP contribution in [0.4, 0.5) is 5.82 Å². The van der Waals surface area contributed by atoms with Crippen LogP contribution in [0.5, 0.6) is 0 Å². The predicted molar refractivity (Wildman–Crippen MR) is 85.5 cm³/mol. The lowest BCUT2D eigenvalue weighted by atomic mass is 10.1. The number of halogens is 1. The third kappa shape index (κ3) is 2.71. The Morgan fingerprint density at radius 2 is 2.28 bits per heavy atom. The number of imidazole rings is 1. The Kier molecular flexibility index (Phi) is 4.16. The maximum atomic E-state index is 12.1. The molecule has 3 aliphatic heterocycles. The number of guanidine groups is 1. The molecule has 6 atom stereocenters. The monoisotopic (exact) mass is 439 g/mol. The largest absolute Gasteiger partial charge is 0.475 e. The number of phosphoric ester groups is 1. The van der Waals surface area contributed by atoms with Gasteiger partial charge in [-0.1, -0.05) is 0 Å². The third-order valence-electron chi connectivity index (χ3n) is 4.08. The Labute approximate surface area is 149 Å². The minimum absolute atomic E-state index is 0.0120. The van der Waals surface area contributed by atoms with Gasteiger partial charge in [0.15, 0.2) is 23.1 Å². The molecule has 4 heterocycles. The van der Waals surface area contributed by atoms with E-state index in [1.54, 1.807) is 0 Å². The van der Waals surface area contributed by atoms with E-state index in [9.17, 15) is 14.8 Å². The second kappa shape index (κ2) is 5.99. The number of ether oxygens (including phenoxy) is 1. The number of phosphoric acid groups is 1. The number of aliphatic hydroxyl groups is 2. The van der Waals surface area contributed by atoms with Gasteiger partial charge in [-0.3, -0.25) is 18.1 Å². The summed E-state index contributed by atoms with van der Waals surface area (Å²) in [4.78, 5) is 7.94. The number of aromatic nitrogens is 2. The van der Waals surface area contributed by atoms with E-state index in [1.807, 2.05) is 0 Å². The molecule has 3 unspecified atom stereocenters. The first kappa shape index (κ1) is 17.4. The summed E-state index contributed by atoms with van der Waals surface area (Å²) in [5.41, 5.74) is 5.86. The summed E-state index contributed by atoms with van der Waals surface area (Å²) in [6.45, 7) is -0.0719. The van der Waals surface area contributed by atoms with Gasteiger partial charge in [0, 0.05) is 7.11 Å². The molecule has 0 amide bonds. The highest BCUT2D eigenvalue weighted by atomic mass is 79.9. The molecular weight excluding hydrogens is 425 g/mol. The molecular formula is C11H15BrN5O7P. The number of anilines is 1. The molecule has 0 bridgehead atoms. The summed E-state index contributed by atoms with van der Waals surface area (Å²) in [5, 5.41) is 23.4. The number of hydrogen-bond acceptors (Lipinski definition) is 11. The summed E-state index contributed by atoms with van der Waals surface area (Å²) in [7, 11) is -2.54. The van der Waals surface area contributed by atoms with Gasteiger partial charge >= 0.3 is 7.82 Å². The van der Waals surface area contributed by atoms with Crippen LogP contribution in [0.25, 0.3) is 0 Å². The Morgan fingerprint density at radius 3 is 3.00 bits per heavy atom. The van der Waals surface area contributed by atoms with Crippen LogP contribution in [0, 0.1) is 0 Å². The van der Waals surface area contributed by atoms with E-state index in [1.165, 1.54) is 11.7 Å². The van der Waals surface area contributed by atoms with Crippen LogP contribution in [0.3, 0.4) is 0 Å². The van der Waals surface area contributed by atoms with Gasteiger partial charge in [-0.2, -0.15) is 0 Å². The van der Waals surface area contributed by atoms with Crippen LogP contribution in [0.1, 0.15) is 18.1 Å². The second-order valence-corrected chi connectivity index (χ2v) is 7.99. The van der Waals surface area contributed by atoms with E-state index in [2.05, 4.69) is 31.2 Å². The van der Waals surface area contributed by atoms with Crippen LogP contribution in [-0.2, 0) is 22.9 Å². The molecule has 0 aliphatic carbocycles. The van der Waals surface area contributed by atoms with Crippen molar-refractivity contribution in [1.29, 1.82) is 0 Å². The third-order valence-corrected chi connectivity index (χ3v) is 6.06. The lowest BCUT2D eigenvalue weighted by molar-refractivity contribution is -0.0694. The van der Waals surface area contributed by atoms with E-state index in [0.717, 1.165) is 0 Å². The molecule has 138 valence electrons. The zero-order valence-corrected chi connectivity index (χ0v) is 15.3.